The van der Waals surface area contributed by atoms with E-state index in [-0.39, 0.29) is 23.3 Å². The fraction of sp³-hybridized carbons (Fsp3) is 0.320. The lowest BCUT2D eigenvalue weighted by molar-refractivity contribution is -0.140. The van der Waals surface area contributed by atoms with Crippen LogP contribution < -0.4 is 14.4 Å². The van der Waals surface area contributed by atoms with E-state index in [2.05, 4.69) is 13.8 Å². The van der Waals surface area contributed by atoms with Crippen molar-refractivity contribution in [2.45, 2.75) is 20.8 Å². The van der Waals surface area contributed by atoms with Crippen LogP contribution in [0.5, 0.6) is 11.5 Å². The summed E-state index contributed by atoms with van der Waals surface area (Å²) in [6.45, 7) is 6.82. The molecule has 0 spiro atoms. The first-order chi connectivity index (χ1) is 16.2. The molecule has 0 aromatic heterocycles. The normalized spacial score (nSPS) is 14.8. The van der Waals surface area contributed by atoms with Crippen molar-refractivity contribution < 1.29 is 23.8 Å². The number of amides is 1. The Morgan fingerprint density at radius 1 is 1.12 bits per heavy atom. The van der Waals surface area contributed by atoms with Gasteiger partial charge in [-0.05, 0) is 73.1 Å². The summed E-state index contributed by atoms with van der Waals surface area (Å²) in [5.41, 5.74) is 1.48. The van der Waals surface area contributed by atoms with Crippen LogP contribution in [-0.2, 0) is 14.3 Å². The second-order valence-corrected chi connectivity index (χ2v) is 8.74. The first-order valence-electron chi connectivity index (χ1n) is 10.8. The van der Waals surface area contributed by atoms with Crippen LogP contribution in [0.1, 0.15) is 26.3 Å². The summed E-state index contributed by atoms with van der Waals surface area (Å²) >= 11 is 11.6. The number of thiocarbonyl (C=S) groups is 1. The smallest absolute Gasteiger partial charge is 0.325 e. The third-order valence-corrected chi connectivity index (χ3v) is 5.53. The zero-order chi connectivity index (χ0) is 24.8. The number of carbonyl (C=O) groups excluding carboxylic acids is 2. The predicted molar refractivity (Wildman–Crippen MR) is 136 cm³/mol. The summed E-state index contributed by atoms with van der Waals surface area (Å²) in [7, 11) is 1.29. The van der Waals surface area contributed by atoms with Gasteiger partial charge in [0.15, 0.2) is 16.6 Å². The summed E-state index contributed by atoms with van der Waals surface area (Å²) < 4.78 is 16.4. The molecule has 2 aromatic rings. The maximum absolute atomic E-state index is 13.4. The van der Waals surface area contributed by atoms with Crippen LogP contribution in [0.25, 0.3) is 6.08 Å². The minimum absolute atomic E-state index is 0.172. The van der Waals surface area contributed by atoms with E-state index in [1.807, 2.05) is 13.0 Å². The number of benzene rings is 2. The van der Waals surface area contributed by atoms with Crippen molar-refractivity contribution in [3.63, 3.8) is 0 Å². The van der Waals surface area contributed by atoms with Crippen LogP contribution in [0.15, 0.2) is 48.2 Å². The van der Waals surface area contributed by atoms with Crippen LogP contribution >= 0.6 is 23.8 Å². The van der Waals surface area contributed by atoms with E-state index in [1.54, 1.807) is 42.5 Å². The Hall–Kier alpha value is -3.10. The summed E-state index contributed by atoms with van der Waals surface area (Å²) in [5.74, 6) is 0.666. The van der Waals surface area contributed by atoms with Gasteiger partial charge in [0.1, 0.15) is 12.2 Å². The molecule has 1 saturated heterocycles. The first-order valence-corrected chi connectivity index (χ1v) is 11.6. The Balaban J connectivity index is 2.01. The summed E-state index contributed by atoms with van der Waals surface area (Å²) in [5, 5.41) is 0.706. The van der Waals surface area contributed by atoms with Gasteiger partial charge in [-0.15, -0.1) is 0 Å². The number of esters is 1. The van der Waals surface area contributed by atoms with Gasteiger partial charge in [0, 0.05) is 5.02 Å². The number of rotatable bonds is 9. The Labute approximate surface area is 209 Å². The van der Waals surface area contributed by atoms with Crippen LogP contribution in [0, 0.1) is 5.92 Å². The molecule has 0 saturated carbocycles. The highest BCUT2D eigenvalue weighted by Gasteiger charge is 2.40. The SMILES string of the molecule is CCOc1cc(/C=C2/C(=O)N(c3ccc(Cl)cc3)C(=S)N2CC(=O)OC)ccc1OCC(C)C. The molecule has 1 amide bonds. The molecule has 180 valence electrons. The van der Waals surface area contributed by atoms with Crippen LogP contribution in [-0.4, -0.2) is 48.8 Å². The van der Waals surface area contributed by atoms with Gasteiger partial charge in [0.25, 0.3) is 5.91 Å². The second kappa shape index (κ2) is 11.4. The molecule has 0 N–H and O–H groups in total. The van der Waals surface area contributed by atoms with E-state index < -0.39 is 5.97 Å². The number of hydrogen-bond donors (Lipinski definition) is 0. The van der Waals surface area contributed by atoms with Crippen molar-refractivity contribution in [2.24, 2.45) is 5.92 Å². The van der Waals surface area contributed by atoms with Crippen molar-refractivity contribution in [1.82, 2.24) is 4.90 Å². The maximum atomic E-state index is 13.4. The molecule has 0 radical (unpaired) electrons. The third kappa shape index (κ3) is 5.87. The van der Waals surface area contributed by atoms with E-state index in [9.17, 15) is 9.59 Å². The van der Waals surface area contributed by atoms with Crippen LogP contribution in [0.4, 0.5) is 5.69 Å². The molecule has 2 aromatic carbocycles. The van der Waals surface area contributed by atoms with E-state index in [0.717, 1.165) is 0 Å². The minimum Gasteiger partial charge on any atom is -0.490 e. The van der Waals surface area contributed by atoms with E-state index in [0.29, 0.717) is 46.9 Å². The molecule has 0 bridgehead atoms. The summed E-state index contributed by atoms with van der Waals surface area (Å²) in [4.78, 5) is 28.3. The van der Waals surface area contributed by atoms with Gasteiger partial charge in [-0.2, -0.15) is 0 Å². The number of anilines is 1. The molecule has 9 heteroatoms. The fourth-order valence-electron chi connectivity index (χ4n) is 3.26. The van der Waals surface area contributed by atoms with E-state index in [1.165, 1.54) is 16.9 Å². The lowest BCUT2D eigenvalue weighted by Crippen LogP contribution is -2.35. The Kier molecular flexibility index (Phi) is 8.52. The molecule has 34 heavy (non-hydrogen) atoms. The molecule has 1 heterocycles. The highest BCUT2D eigenvalue weighted by atomic mass is 35.5. The molecule has 1 aliphatic heterocycles. The highest BCUT2D eigenvalue weighted by Crippen LogP contribution is 2.33. The fourth-order valence-corrected chi connectivity index (χ4v) is 3.74. The van der Waals surface area contributed by atoms with Gasteiger partial charge in [0.2, 0.25) is 0 Å². The van der Waals surface area contributed by atoms with Crippen LogP contribution in [0.2, 0.25) is 5.02 Å². The Morgan fingerprint density at radius 3 is 2.44 bits per heavy atom. The number of carbonyl (C=O) groups is 2. The number of halogens is 1. The van der Waals surface area contributed by atoms with Crippen LogP contribution in [0.3, 0.4) is 0 Å². The molecule has 1 aliphatic rings. The molecule has 3 rings (SSSR count). The molecular weight excluding hydrogens is 476 g/mol. The third-order valence-electron chi connectivity index (χ3n) is 4.88. The molecule has 1 fully saturated rings. The Morgan fingerprint density at radius 2 is 1.82 bits per heavy atom. The number of nitrogens with zero attached hydrogens (tertiary/aromatic N) is 2. The quantitative estimate of drug-likeness (QED) is 0.274. The van der Waals surface area contributed by atoms with Gasteiger partial charge in [-0.25, -0.2) is 0 Å². The predicted octanol–water partition coefficient (Wildman–Crippen LogP) is 4.92. The van der Waals surface area contributed by atoms with E-state index >= 15 is 0 Å². The lowest BCUT2D eigenvalue weighted by Gasteiger charge is -2.19. The molecule has 0 unspecified atom stereocenters. The van der Waals surface area contributed by atoms with Crippen molar-refractivity contribution >= 4 is 52.6 Å². The van der Waals surface area contributed by atoms with Gasteiger partial charge >= 0.3 is 5.97 Å². The van der Waals surface area contributed by atoms with Crippen molar-refractivity contribution in [3.05, 3.63) is 58.7 Å². The minimum atomic E-state index is -0.522. The topological polar surface area (TPSA) is 68.3 Å². The zero-order valence-electron chi connectivity index (χ0n) is 19.5. The molecular formula is C25H27ClN2O5S. The molecule has 0 aliphatic carbocycles. The largest absolute Gasteiger partial charge is 0.490 e. The van der Waals surface area contributed by atoms with Gasteiger partial charge < -0.3 is 19.1 Å². The number of ether oxygens (including phenoxy) is 3. The van der Waals surface area contributed by atoms with Crippen molar-refractivity contribution in [3.8, 4) is 11.5 Å². The molecule has 0 atom stereocenters. The molecule has 7 nitrogen and oxygen atoms in total. The monoisotopic (exact) mass is 502 g/mol. The van der Waals surface area contributed by atoms with Gasteiger partial charge in [-0.1, -0.05) is 31.5 Å². The average molecular weight is 503 g/mol. The lowest BCUT2D eigenvalue weighted by atomic mass is 10.1. The maximum Gasteiger partial charge on any atom is 0.325 e. The van der Waals surface area contributed by atoms with Gasteiger partial charge in [0.05, 0.1) is 26.0 Å². The van der Waals surface area contributed by atoms with Crippen molar-refractivity contribution in [1.29, 1.82) is 0 Å². The standard InChI is InChI=1S/C25H27ClN2O5S/c1-5-32-22-13-17(6-11-21(22)33-15-16(2)3)12-20-24(30)28(19-9-7-18(26)8-10-19)25(34)27(20)14-23(29)31-4/h6-13,16H,5,14-15H2,1-4H3/b20-12-. The second-order valence-electron chi connectivity index (χ2n) is 7.94. The first kappa shape index (κ1) is 25.5. The average Bonchev–Trinajstić information content (AvgIpc) is 3.03. The van der Waals surface area contributed by atoms with Gasteiger partial charge in [-0.3, -0.25) is 14.5 Å². The zero-order valence-corrected chi connectivity index (χ0v) is 21.1. The number of hydrogen-bond acceptors (Lipinski definition) is 6. The van der Waals surface area contributed by atoms with E-state index in [4.69, 9.17) is 38.0 Å². The highest BCUT2D eigenvalue weighted by molar-refractivity contribution is 7.80. The number of methoxy groups -OCH3 is 1. The van der Waals surface area contributed by atoms with Crippen molar-refractivity contribution in [2.75, 3.05) is 31.8 Å². The summed E-state index contributed by atoms with van der Waals surface area (Å²) in [6, 6.07) is 12.2. The Bertz CT molecular complexity index is 1100. The summed E-state index contributed by atoms with van der Waals surface area (Å²) in [6.07, 6.45) is 1.67.